The summed E-state index contributed by atoms with van der Waals surface area (Å²) in [6.45, 7) is 0. The summed E-state index contributed by atoms with van der Waals surface area (Å²) in [5.74, 6) is 0. The van der Waals surface area contributed by atoms with Crippen LogP contribution >= 0.6 is 0 Å². The van der Waals surface area contributed by atoms with Gasteiger partial charge in [-0.1, -0.05) is 152 Å². The van der Waals surface area contributed by atoms with Crippen LogP contribution in [-0.2, 0) is 0 Å². The van der Waals surface area contributed by atoms with Gasteiger partial charge in [-0.25, -0.2) is 0 Å². The van der Waals surface area contributed by atoms with Crippen molar-refractivity contribution in [3.63, 3.8) is 0 Å². The van der Waals surface area contributed by atoms with Crippen molar-refractivity contribution in [2.75, 3.05) is 4.90 Å². The predicted molar refractivity (Wildman–Crippen MR) is 229 cm³/mol. The van der Waals surface area contributed by atoms with E-state index in [2.05, 4.69) is 228 Å². The van der Waals surface area contributed by atoms with Crippen LogP contribution in [0.4, 0.5) is 17.1 Å². The first-order valence-electron chi connectivity index (χ1n) is 18.5. The van der Waals surface area contributed by atoms with E-state index in [9.17, 15) is 0 Å². The lowest BCUT2D eigenvalue weighted by atomic mass is 9.93. The fourth-order valence-electron chi connectivity index (χ4n) is 7.97. The fourth-order valence-corrected chi connectivity index (χ4v) is 7.97. The second-order valence-electron chi connectivity index (χ2n) is 13.8. The van der Waals surface area contributed by atoms with Gasteiger partial charge in [0.2, 0.25) is 0 Å². The lowest BCUT2D eigenvalue weighted by molar-refractivity contribution is 1.17. The molecule has 0 aliphatic carbocycles. The van der Waals surface area contributed by atoms with Crippen molar-refractivity contribution >= 4 is 49.6 Å². The molecule has 54 heavy (non-hydrogen) atoms. The average Bonchev–Trinajstić information content (AvgIpc) is 3.59. The van der Waals surface area contributed by atoms with Crippen molar-refractivity contribution in [1.82, 2.24) is 4.57 Å². The van der Waals surface area contributed by atoms with Crippen LogP contribution < -0.4 is 4.90 Å². The molecule has 0 spiro atoms. The SMILES string of the molecule is c1ccc(-c2ccc(N(c3ccc(-c4ccc5ccccc5c4)cc3)c3ccc(-n4c5ccccc5c5ccccc54)cc3)cc2-c2ccccc2)cc1. The summed E-state index contributed by atoms with van der Waals surface area (Å²) in [6.07, 6.45) is 0. The Morgan fingerprint density at radius 3 is 1.44 bits per heavy atom. The second-order valence-corrected chi connectivity index (χ2v) is 13.8. The van der Waals surface area contributed by atoms with Gasteiger partial charge in [0.25, 0.3) is 0 Å². The second kappa shape index (κ2) is 13.4. The van der Waals surface area contributed by atoms with E-state index in [1.807, 2.05) is 0 Å². The van der Waals surface area contributed by atoms with Crippen LogP contribution in [0.1, 0.15) is 0 Å². The number of nitrogens with zero attached hydrogens (tertiary/aromatic N) is 2. The van der Waals surface area contributed by atoms with Crippen molar-refractivity contribution < 1.29 is 0 Å². The number of para-hydroxylation sites is 2. The van der Waals surface area contributed by atoms with Crippen LogP contribution in [0.15, 0.2) is 218 Å². The van der Waals surface area contributed by atoms with Crippen LogP contribution in [0.3, 0.4) is 0 Å². The standard InChI is InChI=1S/C52H36N2/c1-3-14-39(15-4-1)47-34-33-46(36-50(47)40-16-5-2-6-17-40)53(43-27-25-38(26-28-43)42-24-23-37-13-7-8-18-41(37)35-42)44-29-31-45(32-30-44)54-51-21-11-9-19-48(51)49-20-10-12-22-52(49)54/h1-36H. The molecule has 2 nitrogen and oxygen atoms in total. The molecule has 1 heterocycles. The van der Waals surface area contributed by atoms with Crippen molar-refractivity contribution in [2.45, 2.75) is 0 Å². The van der Waals surface area contributed by atoms with E-state index in [-0.39, 0.29) is 0 Å². The van der Waals surface area contributed by atoms with E-state index in [0.29, 0.717) is 0 Å². The van der Waals surface area contributed by atoms with Crippen LogP contribution in [0, 0.1) is 0 Å². The molecule has 10 rings (SSSR count). The van der Waals surface area contributed by atoms with Crippen LogP contribution in [-0.4, -0.2) is 4.57 Å². The van der Waals surface area contributed by atoms with Gasteiger partial charge in [-0.05, 0) is 111 Å². The van der Waals surface area contributed by atoms with E-state index < -0.39 is 0 Å². The third kappa shape index (κ3) is 5.62. The lowest BCUT2D eigenvalue weighted by Gasteiger charge is -2.27. The Bertz CT molecular complexity index is 2850. The van der Waals surface area contributed by atoms with Crippen LogP contribution in [0.2, 0.25) is 0 Å². The zero-order valence-corrected chi connectivity index (χ0v) is 29.7. The monoisotopic (exact) mass is 688 g/mol. The fraction of sp³-hybridized carbons (Fsp3) is 0. The maximum absolute atomic E-state index is 2.38. The molecule has 0 amide bonds. The molecule has 2 heteroatoms. The number of hydrogen-bond donors (Lipinski definition) is 0. The number of rotatable bonds is 7. The smallest absolute Gasteiger partial charge is 0.0541 e. The Hall–Kier alpha value is -7.16. The van der Waals surface area contributed by atoms with Gasteiger partial charge >= 0.3 is 0 Å². The summed E-state index contributed by atoms with van der Waals surface area (Å²) in [7, 11) is 0. The number of hydrogen-bond acceptors (Lipinski definition) is 1. The summed E-state index contributed by atoms with van der Waals surface area (Å²) >= 11 is 0. The Balaban J connectivity index is 1.12. The molecule has 0 unspecified atom stereocenters. The summed E-state index contributed by atoms with van der Waals surface area (Å²) < 4.78 is 2.37. The quantitative estimate of drug-likeness (QED) is 0.162. The van der Waals surface area contributed by atoms with E-state index in [4.69, 9.17) is 0 Å². The highest BCUT2D eigenvalue weighted by molar-refractivity contribution is 6.09. The first-order valence-corrected chi connectivity index (χ1v) is 18.5. The van der Waals surface area contributed by atoms with Crippen molar-refractivity contribution in [3.8, 4) is 39.1 Å². The van der Waals surface area contributed by atoms with Crippen LogP contribution in [0.25, 0.3) is 71.6 Å². The zero-order chi connectivity index (χ0) is 35.8. The van der Waals surface area contributed by atoms with Crippen molar-refractivity contribution in [1.29, 1.82) is 0 Å². The predicted octanol–water partition coefficient (Wildman–Crippen LogP) is 14.4. The number of anilines is 3. The summed E-state index contributed by atoms with van der Waals surface area (Å²) in [5, 5.41) is 5.02. The molecule has 0 radical (unpaired) electrons. The summed E-state index contributed by atoms with van der Waals surface area (Å²) in [4.78, 5) is 2.38. The Labute approximate surface area is 315 Å². The molecule has 0 atom stereocenters. The first-order chi connectivity index (χ1) is 26.8. The molecule has 0 bridgehead atoms. The van der Waals surface area contributed by atoms with E-state index in [1.54, 1.807) is 0 Å². The van der Waals surface area contributed by atoms with Gasteiger partial charge in [0.05, 0.1) is 11.0 Å². The van der Waals surface area contributed by atoms with Gasteiger partial charge in [-0.2, -0.15) is 0 Å². The van der Waals surface area contributed by atoms with Gasteiger partial charge in [0, 0.05) is 33.5 Å². The topological polar surface area (TPSA) is 8.17 Å². The molecular weight excluding hydrogens is 653 g/mol. The molecule has 0 aliphatic rings. The normalized spacial score (nSPS) is 11.3. The van der Waals surface area contributed by atoms with E-state index in [1.165, 1.54) is 66.0 Å². The highest BCUT2D eigenvalue weighted by Crippen LogP contribution is 2.42. The number of fused-ring (bicyclic) bond motifs is 4. The van der Waals surface area contributed by atoms with Gasteiger partial charge in [0.1, 0.15) is 0 Å². The van der Waals surface area contributed by atoms with Gasteiger partial charge in [0.15, 0.2) is 0 Å². The Morgan fingerprint density at radius 1 is 0.296 bits per heavy atom. The molecule has 0 N–H and O–H groups in total. The molecular formula is C52H36N2. The van der Waals surface area contributed by atoms with Crippen molar-refractivity contribution in [2.24, 2.45) is 0 Å². The average molecular weight is 689 g/mol. The number of aromatic nitrogens is 1. The molecule has 0 fully saturated rings. The minimum Gasteiger partial charge on any atom is -0.310 e. The first kappa shape index (κ1) is 31.6. The van der Waals surface area contributed by atoms with Crippen LogP contribution in [0.5, 0.6) is 0 Å². The molecule has 9 aromatic carbocycles. The number of benzene rings is 9. The minimum atomic E-state index is 1.09. The largest absolute Gasteiger partial charge is 0.310 e. The molecule has 254 valence electrons. The highest BCUT2D eigenvalue weighted by Gasteiger charge is 2.18. The molecule has 10 aromatic rings. The molecule has 0 saturated heterocycles. The van der Waals surface area contributed by atoms with Gasteiger partial charge < -0.3 is 9.47 Å². The molecule has 0 saturated carbocycles. The van der Waals surface area contributed by atoms with Gasteiger partial charge in [-0.15, -0.1) is 0 Å². The van der Waals surface area contributed by atoms with Gasteiger partial charge in [-0.3, -0.25) is 0 Å². The third-order valence-electron chi connectivity index (χ3n) is 10.6. The Morgan fingerprint density at radius 2 is 0.796 bits per heavy atom. The summed E-state index contributed by atoms with van der Waals surface area (Å²) in [6, 6.07) is 78.9. The van der Waals surface area contributed by atoms with E-state index >= 15 is 0 Å². The van der Waals surface area contributed by atoms with Crippen molar-refractivity contribution in [3.05, 3.63) is 218 Å². The molecule has 1 aromatic heterocycles. The Kier molecular flexibility index (Phi) is 7.85. The maximum atomic E-state index is 2.38. The minimum absolute atomic E-state index is 1.09. The molecule has 0 aliphatic heterocycles. The maximum Gasteiger partial charge on any atom is 0.0541 e. The summed E-state index contributed by atoms with van der Waals surface area (Å²) in [5.41, 5.74) is 14.0. The highest BCUT2D eigenvalue weighted by atomic mass is 15.1. The van der Waals surface area contributed by atoms with E-state index in [0.717, 1.165) is 22.7 Å². The third-order valence-corrected chi connectivity index (χ3v) is 10.6. The lowest BCUT2D eigenvalue weighted by Crippen LogP contribution is -2.10. The zero-order valence-electron chi connectivity index (χ0n) is 29.7.